The summed E-state index contributed by atoms with van der Waals surface area (Å²) in [7, 11) is 1.56. The SMILES string of the molecule is COc1ccc(N)c(NC(=O)C(C)Oc2cccc(C(C)C)c2)c1. The summed E-state index contributed by atoms with van der Waals surface area (Å²) in [5.41, 5.74) is 8.03. The van der Waals surface area contributed by atoms with E-state index in [0.29, 0.717) is 28.8 Å². The number of methoxy groups -OCH3 is 1. The first-order valence-electron chi connectivity index (χ1n) is 7.91. The topological polar surface area (TPSA) is 73.6 Å². The van der Waals surface area contributed by atoms with Crippen molar-refractivity contribution in [3.8, 4) is 11.5 Å². The second-order valence-electron chi connectivity index (χ2n) is 5.93. The van der Waals surface area contributed by atoms with E-state index in [9.17, 15) is 4.79 Å². The maximum absolute atomic E-state index is 12.4. The van der Waals surface area contributed by atoms with Crippen molar-refractivity contribution in [2.45, 2.75) is 32.8 Å². The fourth-order valence-electron chi connectivity index (χ4n) is 2.21. The lowest BCUT2D eigenvalue weighted by molar-refractivity contribution is -0.122. The van der Waals surface area contributed by atoms with E-state index in [2.05, 4.69) is 19.2 Å². The molecule has 128 valence electrons. The van der Waals surface area contributed by atoms with Crippen molar-refractivity contribution in [2.75, 3.05) is 18.2 Å². The van der Waals surface area contributed by atoms with Gasteiger partial charge in [0.25, 0.3) is 5.91 Å². The van der Waals surface area contributed by atoms with Crippen LogP contribution in [0.15, 0.2) is 42.5 Å². The second kappa shape index (κ2) is 7.73. The molecule has 5 heteroatoms. The van der Waals surface area contributed by atoms with Gasteiger partial charge in [0.05, 0.1) is 18.5 Å². The van der Waals surface area contributed by atoms with Crippen LogP contribution in [0.4, 0.5) is 11.4 Å². The lowest BCUT2D eigenvalue weighted by atomic mass is 10.0. The number of carbonyl (C=O) groups excluding carboxylic acids is 1. The van der Waals surface area contributed by atoms with Gasteiger partial charge in [0.1, 0.15) is 11.5 Å². The molecule has 0 heterocycles. The van der Waals surface area contributed by atoms with Crippen molar-refractivity contribution >= 4 is 17.3 Å². The predicted octanol–water partition coefficient (Wildman–Crippen LogP) is 3.81. The number of hydrogen-bond donors (Lipinski definition) is 2. The molecular weight excluding hydrogens is 304 g/mol. The van der Waals surface area contributed by atoms with Crippen LogP contribution >= 0.6 is 0 Å². The molecule has 2 aromatic rings. The monoisotopic (exact) mass is 328 g/mol. The molecule has 0 saturated carbocycles. The number of nitrogens with two attached hydrogens (primary N) is 1. The molecule has 1 atom stereocenters. The predicted molar refractivity (Wildman–Crippen MR) is 96.7 cm³/mol. The first-order valence-corrected chi connectivity index (χ1v) is 7.91. The highest BCUT2D eigenvalue weighted by Gasteiger charge is 2.16. The van der Waals surface area contributed by atoms with Crippen LogP contribution in [0.5, 0.6) is 11.5 Å². The molecule has 0 saturated heterocycles. The molecule has 0 radical (unpaired) electrons. The van der Waals surface area contributed by atoms with Gasteiger partial charge >= 0.3 is 0 Å². The Balaban J connectivity index is 2.06. The minimum atomic E-state index is -0.655. The lowest BCUT2D eigenvalue weighted by Crippen LogP contribution is -2.30. The molecule has 24 heavy (non-hydrogen) atoms. The summed E-state index contributed by atoms with van der Waals surface area (Å²) in [6.07, 6.45) is -0.655. The minimum Gasteiger partial charge on any atom is -0.497 e. The van der Waals surface area contributed by atoms with Crippen LogP contribution in [0.3, 0.4) is 0 Å². The third kappa shape index (κ3) is 4.41. The Bertz CT molecular complexity index is 714. The van der Waals surface area contributed by atoms with Crippen LogP contribution in [0.25, 0.3) is 0 Å². The number of carbonyl (C=O) groups is 1. The zero-order chi connectivity index (χ0) is 17.7. The number of amides is 1. The fourth-order valence-corrected chi connectivity index (χ4v) is 2.21. The zero-order valence-electron chi connectivity index (χ0n) is 14.5. The van der Waals surface area contributed by atoms with E-state index >= 15 is 0 Å². The molecule has 0 spiro atoms. The number of nitrogens with one attached hydrogen (secondary N) is 1. The highest BCUT2D eigenvalue weighted by molar-refractivity contribution is 5.96. The normalized spacial score (nSPS) is 11.9. The summed E-state index contributed by atoms with van der Waals surface area (Å²) in [6, 6.07) is 12.9. The lowest BCUT2D eigenvalue weighted by Gasteiger charge is -2.17. The van der Waals surface area contributed by atoms with Crippen molar-refractivity contribution in [1.29, 1.82) is 0 Å². The van der Waals surface area contributed by atoms with Crippen LogP contribution in [0.2, 0.25) is 0 Å². The highest BCUT2D eigenvalue weighted by atomic mass is 16.5. The standard InChI is InChI=1S/C19H24N2O3/c1-12(2)14-6-5-7-16(10-14)24-13(3)19(22)21-18-11-15(23-4)8-9-17(18)20/h5-13H,20H2,1-4H3,(H,21,22). The molecule has 0 aliphatic heterocycles. The summed E-state index contributed by atoms with van der Waals surface area (Å²) < 4.78 is 10.9. The third-order valence-corrected chi connectivity index (χ3v) is 3.73. The average molecular weight is 328 g/mol. The molecule has 3 N–H and O–H groups in total. The maximum Gasteiger partial charge on any atom is 0.265 e. The Morgan fingerprint density at radius 1 is 1.08 bits per heavy atom. The van der Waals surface area contributed by atoms with Gasteiger partial charge < -0.3 is 20.5 Å². The fraction of sp³-hybridized carbons (Fsp3) is 0.316. The minimum absolute atomic E-state index is 0.273. The van der Waals surface area contributed by atoms with Gasteiger partial charge in [-0.05, 0) is 42.7 Å². The number of anilines is 2. The molecule has 2 rings (SSSR count). The Hall–Kier alpha value is -2.69. The van der Waals surface area contributed by atoms with Gasteiger partial charge in [-0.2, -0.15) is 0 Å². The number of nitrogen functional groups attached to an aromatic ring is 1. The van der Waals surface area contributed by atoms with Gasteiger partial charge in [0.2, 0.25) is 0 Å². The Labute approximate surface area is 142 Å². The van der Waals surface area contributed by atoms with Crippen LogP contribution in [-0.4, -0.2) is 19.1 Å². The Morgan fingerprint density at radius 2 is 1.83 bits per heavy atom. The van der Waals surface area contributed by atoms with Crippen molar-refractivity contribution < 1.29 is 14.3 Å². The number of hydrogen-bond acceptors (Lipinski definition) is 4. The van der Waals surface area contributed by atoms with E-state index in [1.54, 1.807) is 32.2 Å². The Morgan fingerprint density at radius 3 is 2.50 bits per heavy atom. The van der Waals surface area contributed by atoms with Gasteiger partial charge in [-0.15, -0.1) is 0 Å². The molecule has 1 unspecified atom stereocenters. The largest absolute Gasteiger partial charge is 0.497 e. The van der Waals surface area contributed by atoms with Gasteiger partial charge in [0, 0.05) is 6.07 Å². The molecule has 0 aliphatic rings. The van der Waals surface area contributed by atoms with Crippen molar-refractivity contribution in [3.63, 3.8) is 0 Å². The summed E-state index contributed by atoms with van der Waals surface area (Å²) >= 11 is 0. The molecule has 0 aliphatic carbocycles. The van der Waals surface area contributed by atoms with Gasteiger partial charge in [-0.1, -0.05) is 26.0 Å². The van der Waals surface area contributed by atoms with Crippen molar-refractivity contribution in [3.05, 3.63) is 48.0 Å². The summed E-state index contributed by atoms with van der Waals surface area (Å²) in [5.74, 6) is 1.42. The molecular formula is C19H24N2O3. The smallest absolute Gasteiger partial charge is 0.265 e. The Kier molecular flexibility index (Phi) is 5.68. The van der Waals surface area contributed by atoms with Gasteiger partial charge in [-0.3, -0.25) is 4.79 Å². The van der Waals surface area contributed by atoms with Crippen molar-refractivity contribution in [2.24, 2.45) is 0 Å². The number of benzene rings is 2. The number of ether oxygens (including phenoxy) is 2. The van der Waals surface area contributed by atoms with Crippen LogP contribution < -0.4 is 20.5 Å². The highest BCUT2D eigenvalue weighted by Crippen LogP contribution is 2.25. The van der Waals surface area contributed by atoms with E-state index in [1.807, 2.05) is 24.3 Å². The van der Waals surface area contributed by atoms with Crippen molar-refractivity contribution in [1.82, 2.24) is 0 Å². The van der Waals surface area contributed by atoms with Gasteiger partial charge in [-0.25, -0.2) is 0 Å². The van der Waals surface area contributed by atoms with Gasteiger partial charge in [0.15, 0.2) is 6.10 Å². The first kappa shape index (κ1) is 17.7. The second-order valence-corrected chi connectivity index (χ2v) is 5.93. The molecule has 0 fully saturated rings. The van der Waals surface area contributed by atoms with E-state index in [1.165, 1.54) is 0 Å². The summed E-state index contributed by atoms with van der Waals surface area (Å²) in [4.78, 5) is 12.4. The number of rotatable bonds is 6. The molecule has 5 nitrogen and oxygen atoms in total. The summed E-state index contributed by atoms with van der Waals surface area (Å²) in [5, 5.41) is 2.77. The third-order valence-electron chi connectivity index (χ3n) is 3.73. The van der Waals surface area contributed by atoms with Crippen LogP contribution in [-0.2, 0) is 4.79 Å². The van der Waals surface area contributed by atoms with E-state index in [4.69, 9.17) is 15.2 Å². The summed E-state index contributed by atoms with van der Waals surface area (Å²) in [6.45, 7) is 5.93. The maximum atomic E-state index is 12.4. The average Bonchev–Trinajstić information content (AvgIpc) is 2.57. The van der Waals surface area contributed by atoms with E-state index in [-0.39, 0.29) is 5.91 Å². The van der Waals surface area contributed by atoms with E-state index in [0.717, 1.165) is 5.56 Å². The van der Waals surface area contributed by atoms with Crippen LogP contribution in [0, 0.1) is 0 Å². The molecule has 1 amide bonds. The first-order chi connectivity index (χ1) is 11.4. The van der Waals surface area contributed by atoms with E-state index < -0.39 is 6.10 Å². The molecule has 0 aromatic heterocycles. The van der Waals surface area contributed by atoms with Crippen LogP contribution in [0.1, 0.15) is 32.3 Å². The quantitative estimate of drug-likeness (QED) is 0.791. The molecule has 0 bridgehead atoms. The molecule has 2 aromatic carbocycles. The zero-order valence-corrected chi connectivity index (χ0v) is 14.5.